The minimum atomic E-state index is -3.20. The fraction of sp³-hybridized carbons (Fsp3) is 0.167. The van der Waals surface area contributed by atoms with Gasteiger partial charge in [-0.15, -0.1) is 0 Å². The molecule has 0 spiro atoms. The third kappa shape index (κ3) is 2.88. The van der Waals surface area contributed by atoms with E-state index in [0.29, 0.717) is 12.0 Å². The Hall–Kier alpha value is -2.20. The molecule has 0 saturated carbocycles. The number of benzene rings is 2. The van der Waals surface area contributed by atoms with Gasteiger partial charge in [0.25, 0.3) is 0 Å². The van der Waals surface area contributed by atoms with Gasteiger partial charge in [-0.25, -0.2) is 8.42 Å². The Morgan fingerprint density at radius 2 is 1.64 bits per heavy atom. The van der Waals surface area contributed by atoms with Gasteiger partial charge < -0.3 is 0 Å². The lowest BCUT2D eigenvalue weighted by atomic mass is 9.85. The van der Waals surface area contributed by atoms with Crippen LogP contribution in [-0.2, 0) is 21.1 Å². The van der Waals surface area contributed by atoms with E-state index in [-0.39, 0.29) is 10.7 Å². The van der Waals surface area contributed by atoms with E-state index in [1.165, 1.54) is 11.8 Å². The summed E-state index contributed by atoms with van der Waals surface area (Å²) in [6.07, 6.45) is 4.32. The Bertz CT molecular complexity index is 859. The van der Waals surface area contributed by atoms with Gasteiger partial charge in [0.15, 0.2) is 15.6 Å². The van der Waals surface area contributed by atoms with Crippen LogP contribution in [0, 0.1) is 0 Å². The Balaban J connectivity index is 2.03. The van der Waals surface area contributed by atoms with Crippen molar-refractivity contribution in [3.05, 3.63) is 65.2 Å². The van der Waals surface area contributed by atoms with Crippen LogP contribution in [0.25, 0.3) is 11.6 Å². The molecule has 4 heteroatoms. The fourth-order valence-electron chi connectivity index (χ4n) is 2.67. The van der Waals surface area contributed by atoms with Crippen molar-refractivity contribution in [3.63, 3.8) is 0 Å². The van der Waals surface area contributed by atoms with Crippen LogP contribution in [0.15, 0.2) is 53.4 Å². The standard InChI is InChI=1S/C18H16O3S/c1-22(20,21)15-9-6-13(7-10-15)12-17-16-5-3-2-4-14(16)8-11-18(17)19/h2-7,9-10,12H,8,11H2,1H3/b17-12+. The van der Waals surface area contributed by atoms with E-state index < -0.39 is 9.84 Å². The number of allylic oxidation sites excluding steroid dienone is 1. The fourth-order valence-corrected chi connectivity index (χ4v) is 3.30. The van der Waals surface area contributed by atoms with E-state index in [4.69, 9.17) is 0 Å². The molecule has 0 radical (unpaired) electrons. The Morgan fingerprint density at radius 1 is 0.955 bits per heavy atom. The van der Waals surface area contributed by atoms with E-state index in [0.717, 1.165) is 17.5 Å². The normalized spacial score (nSPS) is 16.6. The number of ketones is 1. The second-order valence-electron chi connectivity index (χ2n) is 5.48. The molecule has 0 atom stereocenters. The first-order chi connectivity index (χ1) is 10.4. The summed E-state index contributed by atoms with van der Waals surface area (Å²) >= 11 is 0. The lowest BCUT2D eigenvalue weighted by molar-refractivity contribution is -0.113. The molecule has 2 aromatic rings. The highest BCUT2D eigenvalue weighted by molar-refractivity contribution is 7.90. The molecule has 0 bridgehead atoms. The molecule has 0 saturated heterocycles. The van der Waals surface area contributed by atoms with Crippen LogP contribution in [0.4, 0.5) is 0 Å². The molecule has 0 heterocycles. The maximum absolute atomic E-state index is 12.2. The predicted octanol–water partition coefficient (Wildman–Crippen LogP) is 3.15. The Labute approximate surface area is 130 Å². The van der Waals surface area contributed by atoms with E-state index in [1.54, 1.807) is 24.3 Å². The Kier molecular flexibility index (Phi) is 3.71. The van der Waals surface area contributed by atoms with Crippen LogP contribution in [0.3, 0.4) is 0 Å². The summed E-state index contributed by atoms with van der Waals surface area (Å²) in [6, 6.07) is 14.5. The average molecular weight is 312 g/mol. The van der Waals surface area contributed by atoms with Gasteiger partial charge in [0.2, 0.25) is 0 Å². The number of Topliss-reactive ketones (excluding diaryl/α,β-unsaturated/α-hetero) is 1. The number of fused-ring (bicyclic) bond motifs is 1. The van der Waals surface area contributed by atoms with E-state index in [2.05, 4.69) is 0 Å². The minimum absolute atomic E-state index is 0.130. The summed E-state index contributed by atoms with van der Waals surface area (Å²) in [6.45, 7) is 0. The molecule has 0 unspecified atom stereocenters. The largest absolute Gasteiger partial charge is 0.294 e. The lowest BCUT2D eigenvalue weighted by Gasteiger charge is -2.17. The maximum atomic E-state index is 12.2. The maximum Gasteiger partial charge on any atom is 0.175 e. The monoisotopic (exact) mass is 312 g/mol. The molecule has 0 aromatic heterocycles. The molecule has 0 fully saturated rings. The molecule has 0 aliphatic heterocycles. The zero-order chi connectivity index (χ0) is 15.7. The number of carbonyl (C=O) groups is 1. The van der Waals surface area contributed by atoms with Gasteiger partial charge in [-0.1, -0.05) is 36.4 Å². The van der Waals surface area contributed by atoms with Crippen molar-refractivity contribution in [2.24, 2.45) is 0 Å². The number of rotatable bonds is 2. The number of hydrogen-bond donors (Lipinski definition) is 0. The molecule has 3 nitrogen and oxygen atoms in total. The van der Waals surface area contributed by atoms with Crippen molar-refractivity contribution >= 4 is 27.3 Å². The third-order valence-electron chi connectivity index (χ3n) is 3.85. The van der Waals surface area contributed by atoms with Crippen LogP contribution >= 0.6 is 0 Å². The van der Waals surface area contributed by atoms with Crippen molar-refractivity contribution in [1.29, 1.82) is 0 Å². The first kappa shape index (κ1) is 14.7. The van der Waals surface area contributed by atoms with Gasteiger partial charge >= 0.3 is 0 Å². The smallest absolute Gasteiger partial charge is 0.175 e. The third-order valence-corrected chi connectivity index (χ3v) is 4.98. The lowest BCUT2D eigenvalue weighted by Crippen LogP contribution is -2.12. The number of carbonyl (C=O) groups excluding carboxylic acids is 1. The van der Waals surface area contributed by atoms with Gasteiger partial charge in [-0.3, -0.25) is 4.79 Å². The van der Waals surface area contributed by atoms with Crippen LogP contribution in [-0.4, -0.2) is 20.5 Å². The van der Waals surface area contributed by atoms with Crippen LogP contribution in [0.2, 0.25) is 0 Å². The molecule has 1 aliphatic rings. The molecule has 112 valence electrons. The topological polar surface area (TPSA) is 51.2 Å². The second kappa shape index (κ2) is 5.54. The van der Waals surface area contributed by atoms with Crippen molar-refractivity contribution in [2.75, 3.05) is 6.26 Å². The van der Waals surface area contributed by atoms with Crippen LogP contribution in [0.1, 0.15) is 23.1 Å². The highest BCUT2D eigenvalue weighted by atomic mass is 32.2. The summed E-state index contributed by atoms with van der Waals surface area (Å²) < 4.78 is 23.0. The molecular formula is C18H16O3S. The van der Waals surface area contributed by atoms with Crippen molar-refractivity contribution < 1.29 is 13.2 Å². The highest BCUT2D eigenvalue weighted by Crippen LogP contribution is 2.29. The van der Waals surface area contributed by atoms with Crippen LogP contribution in [0.5, 0.6) is 0 Å². The van der Waals surface area contributed by atoms with E-state index >= 15 is 0 Å². The number of sulfone groups is 1. The number of aryl methyl sites for hydroxylation is 1. The van der Waals surface area contributed by atoms with Crippen molar-refractivity contribution in [2.45, 2.75) is 17.7 Å². The van der Waals surface area contributed by atoms with Gasteiger partial charge in [0.05, 0.1) is 4.90 Å². The molecule has 3 rings (SSSR count). The SMILES string of the molecule is CS(=O)(=O)c1ccc(/C=C2/C(=O)CCc3ccccc32)cc1. The summed E-state index contributed by atoms with van der Waals surface area (Å²) in [4.78, 5) is 12.5. The highest BCUT2D eigenvalue weighted by Gasteiger charge is 2.20. The molecule has 2 aromatic carbocycles. The van der Waals surface area contributed by atoms with E-state index in [1.807, 2.05) is 30.3 Å². The van der Waals surface area contributed by atoms with Crippen molar-refractivity contribution in [3.8, 4) is 0 Å². The zero-order valence-electron chi connectivity index (χ0n) is 12.2. The van der Waals surface area contributed by atoms with Gasteiger partial charge in [-0.05, 0) is 41.3 Å². The van der Waals surface area contributed by atoms with Gasteiger partial charge in [0, 0.05) is 18.2 Å². The van der Waals surface area contributed by atoms with E-state index in [9.17, 15) is 13.2 Å². The molecule has 22 heavy (non-hydrogen) atoms. The Morgan fingerprint density at radius 3 is 2.32 bits per heavy atom. The number of hydrogen-bond acceptors (Lipinski definition) is 3. The minimum Gasteiger partial charge on any atom is -0.294 e. The molecule has 0 N–H and O–H groups in total. The summed E-state index contributed by atoms with van der Waals surface area (Å²) in [5.41, 5.74) is 3.69. The summed E-state index contributed by atoms with van der Waals surface area (Å²) in [5.74, 6) is 0.130. The molecular weight excluding hydrogens is 296 g/mol. The molecule has 1 aliphatic carbocycles. The first-order valence-corrected chi connectivity index (χ1v) is 8.97. The van der Waals surface area contributed by atoms with Crippen LogP contribution < -0.4 is 0 Å². The first-order valence-electron chi connectivity index (χ1n) is 7.08. The quantitative estimate of drug-likeness (QED) is 0.801. The van der Waals surface area contributed by atoms with Gasteiger partial charge in [-0.2, -0.15) is 0 Å². The zero-order valence-corrected chi connectivity index (χ0v) is 13.1. The van der Waals surface area contributed by atoms with Gasteiger partial charge in [0.1, 0.15) is 0 Å². The van der Waals surface area contributed by atoms with Crippen molar-refractivity contribution in [1.82, 2.24) is 0 Å². The summed E-state index contributed by atoms with van der Waals surface area (Å²) in [5, 5.41) is 0. The molecule has 0 amide bonds. The average Bonchev–Trinajstić information content (AvgIpc) is 2.50. The second-order valence-corrected chi connectivity index (χ2v) is 7.50. The predicted molar refractivity (Wildman–Crippen MR) is 87.2 cm³/mol. The summed E-state index contributed by atoms with van der Waals surface area (Å²) in [7, 11) is -3.20.